The molecule has 0 radical (unpaired) electrons. The van der Waals surface area contributed by atoms with Crippen molar-refractivity contribution in [2.75, 3.05) is 13.2 Å². The molecule has 0 unspecified atom stereocenters. The standard InChI is InChI=1S/C56H100O6/c1-4-7-10-13-16-19-22-25-26-27-28-29-30-32-34-37-40-43-46-49-55(58)61-52-53(51-60-54(57)48-45-42-39-36-33-24-21-18-15-12-9-6-3)62-56(59)50-47-44-41-38-35-31-23-20-17-14-11-8-5-2/h16,19,25-26,28-29,32,34,53H,4-15,17-18,20-24,27,30-31,33,35-52H2,1-3H3/b19-16-,26-25-,29-28-,34-32-/t53-/m1/s1. The van der Waals surface area contributed by atoms with Crippen molar-refractivity contribution in [2.24, 2.45) is 0 Å². The fraction of sp³-hybridized carbons (Fsp3) is 0.804. The Morgan fingerprint density at radius 1 is 0.323 bits per heavy atom. The van der Waals surface area contributed by atoms with Crippen molar-refractivity contribution >= 4 is 17.9 Å². The van der Waals surface area contributed by atoms with Crippen LogP contribution in [0.5, 0.6) is 0 Å². The Hall–Kier alpha value is -2.63. The van der Waals surface area contributed by atoms with Crippen LogP contribution in [0.4, 0.5) is 0 Å². The fourth-order valence-electron chi connectivity index (χ4n) is 7.54. The Kier molecular flexibility index (Phi) is 48.8. The first kappa shape index (κ1) is 59.4. The van der Waals surface area contributed by atoms with Gasteiger partial charge in [0.2, 0.25) is 0 Å². The molecule has 0 aliphatic rings. The average molecular weight is 869 g/mol. The number of hydrogen-bond donors (Lipinski definition) is 0. The van der Waals surface area contributed by atoms with Crippen LogP contribution in [-0.4, -0.2) is 37.2 Å². The Balaban J connectivity index is 4.39. The van der Waals surface area contributed by atoms with Gasteiger partial charge in [0.15, 0.2) is 6.10 Å². The van der Waals surface area contributed by atoms with E-state index in [9.17, 15) is 14.4 Å². The molecule has 0 bridgehead atoms. The highest BCUT2D eigenvalue weighted by Crippen LogP contribution is 2.15. The molecule has 0 aromatic heterocycles. The Labute approximate surface area is 384 Å². The minimum absolute atomic E-state index is 0.0796. The molecule has 62 heavy (non-hydrogen) atoms. The predicted molar refractivity (Wildman–Crippen MR) is 265 cm³/mol. The van der Waals surface area contributed by atoms with Crippen LogP contribution in [0.15, 0.2) is 48.6 Å². The minimum atomic E-state index is -0.781. The Morgan fingerprint density at radius 2 is 0.581 bits per heavy atom. The molecule has 360 valence electrons. The van der Waals surface area contributed by atoms with Crippen molar-refractivity contribution in [3.05, 3.63) is 48.6 Å². The first-order valence-corrected chi connectivity index (χ1v) is 26.6. The molecule has 0 spiro atoms. The van der Waals surface area contributed by atoms with Gasteiger partial charge >= 0.3 is 17.9 Å². The molecule has 0 N–H and O–H groups in total. The van der Waals surface area contributed by atoms with E-state index in [-0.39, 0.29) is 31.1 Å². The maximum atomic E-state index is 12.8. The predicted octanol–water partition coefficient (Wildman–Crippen LogP) is 17.5. The smallest absolute Gasteiger partial charge is 0.306 e. The second-order valence-corrected chi connectivity index (χ2v) is 17.8. The van der Waals surface area contributed by atoms with E-state index in [1.54, 1.807) is 0 Å². The molecule has 0 saturated carbocycles. The molecule has 0 aliphatic carbocycles. The van der Waals surface area contributed by atoms with Crippen LogP contribution in [0.25, 0.3) is 0 Å². The van der Waals surface area contributed by atoms with Gasteiger partial charge in [-0.1, -0.05) is 236 Å². The zero-order valence-electron chi connectivity index (χ0n) is 41.1. The molecule has 0 aromatic rings. The summed E-state index contributed by atoms with van der Waals surface area (Å²) in [6.45, 7) is 6.60. The van der Waals surface area contributed by atoms with Crippen molar-refractivity contribution in [3.63, 3.8) is 0 Å². The van der Waals surface area contributed by atoms with Gasteiger partial charge in [0.1, 0.15) is 13.2 Å². The van der Waals surface area contributed by atoms with Gasteiger partial charge in [-0.15, -0.1) is 0 Å². The summed E-state index contributed by atoms with van der Waals surface area (Å²) in [6.07, 6.45) is 60.9. The van der Waals surface area contributed by atoms with E-state index in [1.807, 2.05) is 0 Å². The number of carbonyl (C=O) groups excluding carboxylic acids is 3. The lowest BCUT2D eigenvalue weighted by atomic mass is 10.0. The molecule has 0 amide bonds. The van der Waals surface area contributed by atoms with E-state index in [1.165, 1.54) is 148 Å². The zero-order chi connectivity index (χ0) is 45.1. The van der Waals surface area contributed by atoms with E-state index in [4.69, 9.17) is 14.2 Å². The molecule has 0 heterocycles. The van der Waals surface area contributed by atoms with Crippen molar-refractivity contribution in [2.45, 2.75) is 277 Å². The quantitative estimate of drug-likeness (QED) is 0.0262. The van der Waals surface area contributed by atoms with Gasteiger partial charge in [-0.25, -0.2) is 0 Å². The van der Waals surface area contributed by atoms with Crippen LogP contribution in [0, 0.1) is 0 Å². The average Bonchev–Trinajstić information content (AvgIpc) is 3.27. The number of hydrogen-bond acceptors (Lipinski definition) is 6. The summed E-state index contributed by atoms with van der Waals surface area (Å²) in [5.74, 6) is -0.902. The van der Waals surface area contributed by atoms with Gasteiger partial charge in [0.25, 0.3) is 0 Å². The number of carbonyl (C=O) groups is 3. The highest BCUT2D eigenvalue weighted by Gasteiger charge is 2.19. The molecule has 0 saturated heterocycles. The van der Waals surface area contributed by atoms with E-state index >= 15 is 0 Å². The SMILES string of the molecule is CCCCC/C=C\C/C=C\C/C=C\C/C=C\CCCCCC(=O)OC[C@@H](COC(=O)CCCCCCCCCCCCCC)OC(=O)CCCCCCCCCCCCCCC. The summed E-state index contributed by atoms with van der Waals surface area (Å²) in [5.41, 5.74) is 0. The largest absolute Gasteiger partial charge is 0.462 e. The third-order valence-corrected chi connectivity index (χ3v) is 11.6. The van der Waals surface area contributed by atoms with Crippen LogP contribution in [0.2, 0.25) is 0 Å². The van der Waals surface area contributed by atoms with Gasteiger partial charge in [0.05, 0.1) is 0 Å². The third kappa shape index (κ3) is 48.4. The second-order valence-electron chi connectivity index (χ2n) is 17.8. The van der Waals surface area contributed by atoms with Crippen molar-refractivity contribution in [1.82, 2.24) is 0 Å². The van der Waals surface area contributed by atoms with Gasteiger partial charge in [-0.3, -0.25) is 14.4 Å². The third-order valence-electron chi connectivity index (χ3n) is 11.6. The normalized spacial score (nSPS) is 12.4. The second kappa shape index (κ2) is 51.0. The summed E-state index contributed by atoms with van der Waals surface area (Å²) < 4.78 is 16.8. The van der Waals surface area contributed by atoms with E-state index in [0.717, 1.165) is 83.5 Å². The summed E-state index contributed by atoms with van der Waals surface area (Å²) in [7, 11) is 0. The maximum absolute atomic E-state index is 12.8. The number of unbranched alkanes of at least 4 members (excludes halogenated alkanes) is 29. The lowest BCUT2D eigenvalue weighted by Gasteiger charge is -2.18. The number of esters is 3. The molecule has 1 atom stereocenters. The van der Waals surface area contributed by atoms with Crippen molar-refractivity contribution in [1.29, 1.82) is 0 Å². The number of ether oxygens (including phenoxy) is 3. The van der Waals surface area contributed by atoms with Crippen LogP contribution >= 0.6 is 0 Å². The topological polar surface area (TPSA) is 78.9 Å². The van der Waals surface area contributed by atoms with Crippen LogP contribution in [-0.2, 0) is 28.6 Å². The Bertz CT molecular complexity index is 1090. The van der Waals surface area contributed by atoms with Gasteiger partial charge in [-0.05, 0) is 64.2 Å². The molecule has 0 aliphatic heterocycles. The summed E-state index contributed by atoms with van der Waals surface area (Å²) >= 11 is 0. The Morgan fingerprint density at radius 3 is 0.935 bits per heavy atom. The van der Waals surface area contributed by atoms with E-state index in [2.05, 4.69) is 69.4 Å². The van der Waals surface area contributed by atoms with Crippen LogP contribution < -0.4 is 0 Å². The summed E-state index contributed by atoms with van der Waals surface area (Å²) in [5, 5.41) is 0. The molecular weight excluding hydrogens is 769 g/mol. The lowest BCUT2D eigenvalue weighted by Crippen LogP contribution is -2.30. The molecule has 0 rings (SSSR count). The zero-order valence-corrected chi connectivity index (χ0v) is 41.1. The molecule has 6 nitrogen and oxygen atoms in total. The number of allylic oxidation sites excluding steroid dienone is 8. The molecule has 0 fully saturated rings. The van der Waals surface area contributed by atoms with Crippen molar-refractivity contribution < 1.29 is 28.6 Å². The minimum Gasteiger partial charge on any atom is -0.462 e. The highest BCUT2D eigenvalue weighted by molar-refractivity contribution is 5.71. The van der Waals surface area contributed by atoms with Crippen LogP contribution in [0.1, 0.15) is 271 Å². The van der Waals surface area contributed by atoms with Gasteiger partial charge in [0, 0.05) is 19.3 Å². The fourth-order valence-corrected chi connectivity index (χ4v) is 7.54. The molecular formula is C56H100O6. The monoisotopic (exact) mass is 869 g/mol. The van der Waals surface area contributed by atoms with Crippen molar-refractivity contribution in [3.8, 4) is 0 Å². The lowest BCUT2D eigenvalue weighted by molar-refractivity contribution is -0.167. The van der Waals surface area contributed by atoms with Gasteiger partial charge < -0.3 is 14.2 Å². The first-order valence-electron chi connectivity index (χ1n) is 26.6. The summed E-state index contributed by atoms with van der Waals surface area (Å²) in [4.78, 5) is 38.0. The molecule has 0 aromatic carbocycles. The summed E-state index contributed by atoms with van der Waals surface area (Å²) in [6, 6.07) is 0. The van der Waals surface area contributed by atoms with E-state index < -0.39 is 6.10 Å². The first-order chi connectivity index (χ1) is 30.5. The molecule has 6 heteroatoms. The van der Waals surface area contributed by atoms with E-state index in [0.29, 0.717) is 19.3 Å². The highest BCUT2D eigenvalue weighted by atomic mass is 16.6. The van der Waals surface area contributed by atoms with Gasteiger partial charge in [-0.2, -0.15) is 0 Å². The maximum Gasteiger partial charge on any atom is 0.306 e. The number of rotatable bonds is 48. The van der Waals surface area contributed by atoms with Crippen LogP contribution in [0.3, 0.4) is 0 Å².